The van der Waals surface area contributed by atoms with Crippen molar-refractivity contribution in [3.05, 3.63) is 35.6 Å². The summed E-state index contributed by atoms with van der Waals surface area (Å²) in [5.41, 5.74) is 0.213. The van der Waals surface area contributed by atoms with Crippen molar-refractivity contribution < 1.29 is 9.50 Å². The maximum absolute atomic E-state index is 12.8. The lowest BCUT2D eigenvalue weighted by Crippen LogP contribution is -2.50. The molecule has 0 aliphatic carbocycles. The second kappa shape index (κ2) is 5.61. The van der Waals surface area contributed by atoms with Gasteiger partial charge in [0.15, 0.2) is 0 Å². The minimum Gasteiger partial charge on any atom is -0.389 e. The molecule has 0 aromatic heterocycles. The molecule has 0 spiro atoms. The molecule has 0 heterocycles. The lowest BCUT2D eigenvalue weighted by atomic mass is 9.92. The molecule has 0 aliphatic heterocycles. The number of halogens is 1. The Balaban J connectivity index is 2.75. The normalized spacial score (nSPS) is 14.1. The van der Waals surface area contributed by atoms with E-state index in [0.717, 1.165) is 5.56 Å². The summed E-state index contributed by atoms with van der Waals surface area (Å²) in [6.07, 6.45) is 0.682. The Bertz CT molecular complexity index is 340. The van der Waals surface area contributed by atoms with E-state index in [0.29, 0.717) is 12.5 Å². The minimum absolute atomic E-state index is 0.0482. The molecule has 1 unspecified atom stereocenters. The van der Waals surface area contributed by atoms with Crippen LogP contribution in [0.25, 0.3) is 0 Å². The molecule has 0 radical (unpaired) electrons. The Morgan fingerprint density at radius 1 is 1.24 bits per heavy atom. The van der Waals surface area contributed by atoms with Crippen molar-refractivity contribution in [1.82, 2.24) is 5.32 Å². The smallest absolute Gasteiger partial charge is 0.123 e. The van der Waals surface area contributed by atoms with Gasteiger partial charge in [-0.2, -0.15) is 0 Å². The summed E-state index contributed by atoms with van der Waals surface area (Å²) in [7, 11) is 0. The first-order chi connectivity index (χ1) is 7.79. The molecule has 1 aromatic rings. The van der Waals surface area contributed by atoms with Crippen LogP contribution < -0.4 is 5.32 Å². The Morgan fingerprint density at radius 3 is 2.18 bits per heavy atom. The topological polar surface area (TPSA) is 32.3 Å². The number of benzene rings is 1. The van der Waals surface area contributed by atoms with Gasteiger partial charge in [0, 0.05) is 12.1 Å². The predicted molar refractivity (Wildman–Crippen MR) is 68.5 cm³/mol. The molecule has 1 rings (SSSR count). The highest BCUT2D eigenvalue weighted by Crippen LogP contribution is 2.15. The van der Waals surface area contributed by atoms with Crippen LogP contribution in [0.2, 0.25) is 0 Å². The van der Waals surface area contributed by atoms with Gasteiger partial charge in [-0.1, -0.05) is 26.0 Å². The fraction of sp³-hybridized carbons (Fsp3) is 0.571. The van der Waals surface area contributed by atoms with Crippen LogP contribution in [-0.2, 0) is 6.42 Å². The van der Waals surface area contributed by atoms with E-state index in [1.165, 1.54) is 12.1 Å². The molecule has 96 valence electrons. The minimum atomic E-state index is -0.807. The van der Waals surface area contributed by atoms with Crippen LogP contribution in [0.5, 0.6) is 0 Å². The van der Waals surface area contributed by atoms with Crippen LogP contribution in [0.1, 0.15) is 33.3 Å². The van der Waals surface area contributed by atoms with Gasteiger partial charge in [0.25, 0.3) is 0 Å². The van der Waals surface area contributed by atoms with E-state index in [9.17, 15) is 9.50 Å². The van der Waals surface area contributed by atoms with Gasteiger partial charge < -0.3 is 10.4 Å². The average molecular weight is 239 g/mol. The Labute approximate surface area is 103 Å². The van der Waals surface area contributed by atoms with Crippen LogP contribution >= 0.6 is 0 Å². The molecule has 1 atom stereocenters. The van der Waals surface area contributed by atoms with E-state index >= 15 is 0 Å². The second-order valence-electron chi connectivity index (χ2n) is 5.36. The molecule has 0 amide bonds. The van der Waals surface area contributed by atoms with Crippen LogP contribution in [0.15, 0.2) is 24.3 Å². The maximum Gasteiger partial charge on any atom is 0.123 e. The van der Waals surface area contributed by atoms with E-state index in [2.05, 4.69) is 5.32 Å². The maximum atomic E-state index is 12.8. The van der Waals surface area contributed by atoms with E-state index in [-0.39, 0.29) is 11.9 Å². The third kappa shape index (κ3) is 4.84. The highest BCUT2D eigenvalue weighted by Gasteiger charge is 2.27. The fourth-order valence-corrected chi connectivity index (χ4v) is 1.77. The Kier molecular flexibility index (Phi) is 4.66. The second-order valence-corrected chi connectivity index (χ2v) is 5.36. The van der Waals surface area contributed by atoms with Gasteiger partial charge in [-0.05, 0) is 38.0 Å². The zero-order valence-corrected chi connectivity index (χ0v) is 11.0. The van der Waals surface area contributed by atoms with Crippen molar-refractivity contribution in [3.8, 4) is 0 Å². The molecule has 2 nitrogen and oxygen atoms in total. The molecule has 2 N–H and O–H groups in total. The van der Waals surface area contributed by atoms with Gasteiger partial charge in [0.2, 0.25) is 0 Å². The predicted octanol–water partition coefficient (Wildman–Crippen LogP) is 2.51. The lowest BCUT2D eigenvalue weighted by molar-refractivity contribution is 0.0345. The molecule has 0 fully saturated rings. The molecule has 1 aromatic carbocycles. The van der Waals surface area contributed by atoms with Crippen molar-refractivity contribution in [2.75, 3.05) is 0 Å². The van der Waals surface area contributed by atoms with Gasteiger partial charge in [-0.15, -0.1) is 0 Å². The molecule has 0 saturated carbocycles. The number of hydrogen-bond acceptors (Lipinski definition) is 2. The summed E-state index contributed by atoms with van der Waals surface area (Å²) in [5.74, 6) is -0.231. The molecular weight excluding hydrogens is 217 g/mol. The molecule has 0 bridgehead atoms. The van der Waals surface area contributed by atoms with Crippen LogP contribution in [0.3, 0.4) is 0 Å². The van der Waals surface area contributed by atoms with Crippen molar-refractivity contribution >= 4 is 0 Å². The third-order valence-corrected chi connectivity index (χ3v) is 2.74. The quantitative estimate of drug-likeness (QED) is 0.827. The van der Waals surface area contributed by atoms with E-state index in [4.69, 9.17) is 0 Å². The van der Waals surface area contributed by atoms with Gasteiger partial charge in [-0.25, -0.2) is 4.39 Å². The fourth-order valence-electron chi connectivity index (χ4n) is 1.77. The summed E-state index contributed by atoms with van der Waals surface area (Å²) in [5, 5.41) is 13.4. The van der Waals surface area contributed by atoms with Crippen molar-refractivity contribution in [3.63, 3.8) is 0 Å². The standard InChI is InChI=1S/C14H22FNO/c1-10(2)16-13(14(3,4)17)9-11-5-7-12(15)8-6-11/h5-8,10,13,16-17H,9H2,1-4H3. The molecule has 0 aliphatic rings. The van der Waals surface area contributed by atoms with E-state index < -0.39 is 5.60 Å². The first kappa shape index (κ1) is 14.1. The van der Waals surface area contributed by atoms with E-state index in [1.807, 2.05) is 13.8 Å². The van der Waals surface area contributed by atoms with Gasteiger partial charge in [-0.3, -0.25) is 0 Å². The summed E-state index contributed by atoms with van der Waals surface area (Å²) in [6.45, 7) is 7.67. The van der Waals surface area contributed by atoms with Crippen LogP contribution in [0.4, 0.5) is 4.39 Å². The number of nitrogens with one attached hydrogen (secondary N) is 1. The summed E-state index contributed by atoms with van der Waals surface area (Å²) >= 11 is 0. The van der Waals surface area contributed by atoms with Gasteiger partial charge in [0.1, 0.15) is 5.82 Å². The van der Waals surface area contributed by atoms with Crippen LogP contribution in [0, 0.1) is 5.82 Å². The summed E-state index contributed by atoms with van der Waals surface area (Å²) in [4.78, 5) is 0. The van der Waals surface area contributed by atoms with Crippen molar-refractivity contribution in [2.45, 2.75) is 51.8 Å². The van der Waals surface area contributed by atoms with E-state index in [1.54, 1.807) is 26.0 Å². The SMILES string of the molecule is CC(C)NC(Cc1ccc(F)cc1)C(C)(C)O. The lowest BCUT2D eigenvalue weighted by Gasteiger charge is -2.32. The molecular formula is C14H22FNO. The third-order valence-electron chi connectivity index (χ3n) is 2.74. The summed E-state index contributed by atoms with van der Waals surface area (Å²) < 4.78 is 12.8. The van der Waals surface area contributed by atoms with Gasteiger partial charge >= 0.3 is 0 Å². The summed E-state index contributed by atoms with van der Waals surface area (Å²) in [6, 6.07) is 6.67. The Morgan fingerprint density at radius 2 is 1.76 bits per heavy atom. The van der Waals surface area contributed by atoms with Crippen molar-refractivity contribution in [2.24, 2.45) is 0 Å². The monoisotopic (exact) mass is 239 g/mol. The molecule has 0 saturated heterocycles. The Hall–Kier alpha value is -0.930. The number of hydrogen-bond donors (Lipinski definition) is 2. The first-order valence-electron chi connectivity index (χ1n) is 6.02. The average Bonchev–Trinajstić information content (AvgIpc) is 2.18. The van der Waals surface area contributed by atoms with Crippen LogP contribution in [-0.4, -0.2) is 22.8 Å². The number of aliphatic hydroxyl groups is 1. The van der Waals surface area contributed by atoms with Gasteiger partial charge in [0.05, 0.1) is 5.60 Å². The largest absolute Gasteiger partial charge is 0.389 e. The highest BCUT2D eigenvalue weighted by atomic mass is 19.1. The zero-order chi connectivity index (χ0) is 13.1. The molecule has 17 heavy (non-hydrogen) atoms. The highest BCUT2D eigenvalue weighted by molar-refractivity contribution is 5.18. The number of rotatable bonds is 5. The zero-order valence-electron chi connectivity index (χ0n) is 11.0. The first-order valence-corrected chi connectivity index (χ1v) is 6.02. The van der Waals surface area contributed by atoms with Crippen molar-refractivity contribution in [1.29, 1.82) is 0 Å². The molecule has 3 heteroatoms.